The van der Waals surface area contributed by atoms with Crippen LogP contribution in [0.5, 0.6) is 0 Å². The van der Waals surface area contributed by atoms with Gasteiger partial charge in [-0.3, -0.25) is 10.1 Å². The van der Waals surface area contributed by atoms with Gasteiger partial charge in [0.1, 0.15) is 6.33 Å². The largest absolute Gasteiger partial charge is 0.352 e. The maximum absolute atomic E-state index is 4.47. The van der Waals surface area contributed by atoms with E-state index in [9.17, 15) is 0 Å². The molecule has 0 spiro atoms. The minimum atomic E-state index is 0.710. The number of hydrogen-bond acceptors (Lipinski definition) is 3. The van der Waals surface area contributed by atoms with Crippen LogP contribution in [0.3, 0.4) is 0 Å². The molecule has 2 aromatic rings. The molecule has 0 bridgehead atoms. The van der Waals surface area contributed by atoms with Crippen molar-refractivity contribution < 1.29 is 0 Å². The molecule has 1 saturated heterocycles. The minimum absolute atomic E-state index is 0.710. The van der Waals surface area contributed by atoms with E-state index < -0.39 is 0 Å². The van der Waals surface area contributed by atoms with Crippen LogP contribution in [0.1, 0.15) is 25.8 Å². The molecule has 2 heterocycles. The molecule has 6 nitrogen and oxygen atoms in total. The van der Waals surface area contributed by atoms with Gasteiger partial charge in [0.2, 0.25) is 0 Å². The summed E-state index contributed by atoms with van der Waals surface area (Å²) in [6, 6.07) is 8.32. The van der Waals surface area contributed by atoms with E-state index in [2.05, 4.69) is 56.4 Å². The number of aliphatic imine (C=N–C) groups is 1. The first-order valence-corrected chi connectivity index (χ1v) is 8.56. The summed E-state index contributed by atoms with van der Waals surface area (Å²) in [5.41, 5.74) is 2.24. The third-order valence-corrected chi connectivity index (χ3v) is 4.45. The molecule has 2 unspecified atom stereocenters. The monoisotopic (exact) mass is 326 g/mol. The first-order chi connectivity index (χ1) is 11.7. The molecular formula is C18H26N6. The molecule has 1 aliphatic rings. The Hall–Kier alpha value is -2.37. The van der Waals surface area contributed by atoms with Crippen molar-refractivity contribution in [2.45, 2.75) is 26.8 Å². The van der Waals surface area contributed by atoms with E-state index in [0.29, 0.717) is 11.8 Å². The van der Waals surface area contributed by atoms with Crippen molar-refractivity contribution in [3.05, 3.63) is 36.2 Å². The fourth-order valence-corrected chi connectivity index (χ4v) is 3.52. The van der Waals surface area contributed by atoms with Crippen LogP contribution in [0.25, 0.3) is 11.4 Å². The van der Waals surface area contributed by atoms with Crippen LogP contribution in [-0.4, -0.2) is 46.2 Å². The topological polar surface area (TPSA) is 69.2 Å². The predicted molar refractivity (Wildman–Crippen MR) is 96.5 cm³/mol. The van der Waals surface area contributed by atoms with Crippen molar-refractivity contribution in [2.75, 3.05) is 20.1 Å². The zero-order valence-electron chi connectivity index (χ0n) is 14.7. The van der Waals surface area contributed by atoms with E-state index in [-0.39, 0.29) is 0 Å². The van der Waals surface area contributed by atoms with Crippen molar-refractivity contribution in [1.82, 2.24) is 25.4 Å². The highest BCUT2D eigenvalue weighted by Gasteiger charge is 2.23. The van der Waals surface area contributed by atoms with Gasteiger partial charge in [0, 0.05) is 32.2 Å². The van der Waals surface area contributed by atoms with Gasteiger partial charge in [-0.2, -0.15) is 5.10 Å². The number of nitrogens with zero attached hydrogens (tertiary/aromatic N) is 4. The van der Waals surface area contributed by atoms with Crippen molar-refractivity contribution >= 4 is 5.96 Å². The third-order valence-electron chi connectivity index (χ3n) is 4.45. The second kappa shape index (κ2) is 7.47. The smallest absolute Gasteiger partial charge is 0.193 e. The first kappa shape index (κ1) is 16.5. The summed E-state index contributed by atoms with van der Waals surface area (Å²) in [6.45, 7) is 7.52. The average Bonchev–Trinajstić information content (AvgIpc) is 3.09. The van der Waals surface area contributed by atoms with Crippen LogP contribution >= 0.6 is 0 Å². The Kier molecular flexibility index (Phi) is 5.13. The number of H-pyrrole nitrogens is 1. The maximum atomic E-state index is 4.47. The molecule has 1 aromatic heterocycles. The molecule has 2 atom stereocenters. The molecule has 0 saturated carbocycles. The fraction of sp³-hybridized carbons (Fsp3) is 0.500. The zero-order valence-corrected chi connectivity index (χ0v) is 14.7. The Morgan fingerprint density at radius 2 is 2.12 bits per heavy atom. The number of aromatic amines is 1. The van der Waals surface area contributed by atoms with Crippen molar-refractivity contribution in [3.63, 3.8) is 0 Å². The molecule has 3 rings (SSSR count). The van der Waals surface area contributed by atoms with Gasteiger partial charge >= 0.3 is 0 Å². The summed E-state index contributed by atoms with van der Waals surface area (Å²) >= 11 is 0. The van der Waals surface area contributed by atoms with Gasteiger partial charge in [0.25, 0.3) is 0 Å². The highest BCUT2D eigenvalue weighted by Crippen LogP contribution is 2.21. The summed E-state index contributed by atoms with van der Waals surface area (Å²) in [4.78, 5) is 11.1. The van der Waals surface area contributed by atoms with Crippen molar-refractivity contribution in [1.29, 1.82) is 0 Å². The number of guanidine groups is 1. The Morgan fingerprint density at radius 3 is 2.79 bits per heavy atom. The number of piperidine rings is 1. The molecule has 128 valence electrons. The zero-order chi connectivity index (χ0) is 16.9. The average molecular weight is 326 g/mol. The van der Waals surface area contributed by atoms with E-state index in [1.807, 2.05) is 19.2 Å². The van der Waals surface area contributed by atoms with E-state index in [1.165, 1.54) is 18.3 Å². The lowest BCUT2D eigenvalue weighted by atomic mass is 9.92. The molecule has 0 amide bonds. The molecule has 1 aliphatic heterocycles. The standard InChI is InChI=1S/C18H26N6/c1-13-7-14(2)11-24(10-13)18(19-3)20-9-15-5-4-6-16(8-15)17-21-12-22-23-17/h4-6,8,12-14H,7,9-11H2,1-3H3,(H,19,20)(H,21,22,23). The summed E-state index contributed by atoms with van der Waals surface area (Å²) in [6.07, 6.45) is 2.83. The fourth-order valence-electron chi connectivity index (χ4n) is 3.52. The lowest BCUT2D eigenvalue weighted by molar-refractivity contribution is 0.208. The summed E-state index contributed by atoms with van der Waals surface area (Å²) in [5, 5.41) is 10.3. The Bertz CT molecular complexity index is 669. The van der Waals surface area contributed by atoms with Gasteiger partial charge in [0.05, 0.1) is 0 Å². The summed E-state index contributed by atoms with van der Waals surface area (Å²) < 4.78 is 0. The lowest BCUT2D eigenvalue weighted by Crippen LogP contribution is -2.48. The Labute approximate surface area is 143 Å². The number of nitrogens with one attached hydrogen (secondary N) is 2. The molecule has 2 N–H and O–H groups in total. The second-order valence-electron chi connectivity index (χ2n) is 6.79. The van der Waals surface area contributed by atoms with Crippen molar-refractivity contribution in [2.24, 2.45) is 16.8 Å². The Morgan fingerprint density at radius 1 is 1.33 bits per heavy atom. The number of benzene rings is 1. The predicted octanol–water partition coefficient (Wildman–Crippen LogP) is 2.53. The molecule has 0 radical (unpaired) electrons. The normalized spacial score (nSPS) is 21.8. The van der Waals surface area contributed by atoms with Gasteiger partial charge < -0.3 is 10.2 Å². The number of rotatable bonds is 3. The van der Waals surface area contributed by atoms with Crippen LogP contribution in [0, 0.1) is 11.8 Å². The van der Waals surface area contributed by atoms with E-state index >= 15 is 0 Å². The van der Waals surface area contributed by atoms with Gasteiger partial charge in [0.15, 0.2) is 11.8 Å². The van der Waals surface area contributed by atoms with Crippen LogP contribution in [0.15, 0.2) is 35.6 Å². The third kappa shape index (κ3) is 3.93. The van der Waals surface area contributed by atoms with E-state index in [1.54, 1.807) is 0 Å². The summed E-state index contributed by atoms with van der Waals surface area (Å²) in [7, 11) is 1.86. The van der Waals surface area contributed by atoms with Gasteiger partial charge in [-0.15, -0.1) is 0 Å². The van der Waals surface area contributed by atoms with Gasteiger partial charge in [-0.05, 0) is 29.9 Å². The Balaban J connectivity index is 1.65. The minimum Gasteiger partial charge on any atom is -0.352 e. The van der Waals surface area contributed by atoms with E-state index in [0.717, 1.165) is 37.0 Å². The van der Waals surface area contributed by atoms with Gasteiger partial charge in [-0.25, -0.2) is 4.98 Å². The summed E-state index contributed by atoms with van der Waals surface area (Å²) in [5.74, 6) is 3.20. The molecule has 1 fully saturated rings. The lowest BCUT2D eigenvalue weighted by Gasteiger charge is -2.37. The highest BCUT2D eigenvalue weighted by molar-refractivity contribution is 5.80. The molecule has 0 aliphatic carbocycles. The number of hydrogen-bond donors (Lipinski definition) is 2. The SMILES string of the molecule is CN=C(NCc1cccc(-c2ncn[nH]2)c1)N1CC(C)CC(C)C1. The molecule has 1 aromatic carbocycles. The molecule has 24 heavy (non-hydrogen) atoms. The van der Waals surface area contributed by atoms with Crippen LogP contribution < -0.4 is 5.32 Å². The highest BCUT2D eigenvalue weighted by atomic mass is 15.3. The van der Waals surface area contributed by atoms with Crippen LogP contribution in [0.2, 0.25) is 0 Å². The molecule has 6 heteroatoms. The number of likely N-dealkylation sites (tertiary alicyclic amines) is 1. The number of aromatic nitrogens is 3. The van der Waals surface area contributed by atoms with Crippen molar-refractivity contribution in [3.8, 4) is 11.4 Å². The van der Waals surface area contributed by atoms with Crippen LogP contribution in [-0.2, 0) is 6.54 Å². The van der Waals surface area contributed by atoms with Crippen LogP contribution in [0.4, 0.5) is 0 Å². The molecular weight excluding hydrogens is 300 g/mol. The second-order valence-corrected chi connectivity index (χ2v) is 6.79. The first-order valence-electron chi connectivity index (χ1n) is 8.56. The van der Waals surface area contributed by atoms with Gasteiger partial charge in [-0.1, -0.05) is 32.0 Å². The maximum Gasteiger partial charge on any atom is 0.193 e. The van der Waals surface area contributed by atoms with E-state index in [4.69, 9.17) is 0 Å². The quantitative estimate of drug-likeness (QED) is 0.672.